The van der Waals surface area contributed by atoms with Crippen LogP contribution in [0.1, 0.15) is 15.9 Å². The average molecular weight is 332 g/mol. The number of benzene rings is 1. The van der Waals surface area contributed by atoms with Gasteiger partial charge in [-0.15, -0.1) is 6.58 Å². The first-order valence-corrected chi connectivity index (χ1v) is 7.38. The van der Waals surface area contributed by atoms with Crippen molar-refractivity contribution < 1.29 is 9.53 Å². The lowest BCUT2D eigenvalue weighted by Gasteiger charge is -2.12. The van der Waals surface area contributed by atoms with Crippen LogP contribution in [0.4, 0.5) is 11.4 Å². The largest absolute Gasteiger partial charge is 0.495 e. The molecule has 0 saturated heterocycles. The molecule has 0 aliphatic rings. The molecule has 0 fully saturated rings. The average Bonchev–Trinajstić information content (AvgIpc) is 2.56. The third-order valence-electron chi connectivity index (χ3n) is 3.18. The zero-order chi connectivity index (χ0) is 16.8. The molecule has 0 spiro atoms. The smallest absolute Gasteiger partial charge is 0.257 e. The summed E-state index contributed by atoms with van der Waals surface area (Å²) in [6.07, 6.45) is 4.88. The quantitative estimate of drug-likeness (QED) is 0.788. The third-order valence-corrected chi connectivity index (χ3v) is 3.59. The molecule has 2 N–H and O–H groups in total. The zero-order valence-corrected chi connectivity index (χ0v) is 13.8. The molecule has 0 saturated carbocycles. The second-order valence-electron chi connectivity index (χ2n) is 4.89. The summed E-state index contributed by atoms with van der Waals surface area (Å²) in [5.74, 6) is 0.225. The SMILES string of the molecule is C=CCNc1cncc(C(=O)Nc2cc(C)c(Cl)cc2OC)c1. The number of nitrogens with zero attached hydrogens (tertiary/aromatic N) is 1. The minimum atomic E-state index is -0.278. The third kappa shape index (κ3) is 4.23. The van der Waals surface area contributed by atoms with E-state index >= 15 is 0 Å². The van der Waals surface area contributed by atoms with Crippen LogP contribution in [0.2, 0.25) is 5.02 Å². The minimum absolute atomic E-state index is 0.278. The van der Waals surface area contributed by atoms with Crippen LogP contribution in [-0.2, 0) is 0 Å². The fourth-order valence-electron chi connectivity index (χ4n) is 1.98. The van der Waals surface area contributed by atoms with E-state index in [1.54, 1.807) is 30.5 Å². The Morgan fingerprint density at radius 2 is 2.17 bits per heavy atom. The van der Waals surface area contributed by atoms with Crippen LogP contribution in [0.5, 0.6) is 5.75 Å². The fraction of sp³-hybridized carbons (Fsp3) is 0.176. The highest BCUT2D eigenvalue weighted by Gasteiger charge is 2.12. The summed E-state index contributed by atoms with van der Waals surface area (Å²) in [5, 5.41) is 6.49. The number of nitrogens with one attached hydrogen (secondary N) is 2. The standard InChI is InChI=1S/C17H18ClN3O2/c1-4-5-20-13-7-12(9-19-10-13)17(22)21-15-6-11(2)14(18)8-16(15)23-3/h4,6-10,20H,1,5H2,2-3H3,(H,21,22). The molecular weight excluding hydrogens is 314 g/mol. The number of pyridine rings is 1. The van der Waals surface area contributed by atoms with Gasteiger partial charge in [0.2, 0.25) is 0 Å². The molecule has 0 unspecified atom stereocenters. The number of carbonyl (C=O) groups is 1. The highest BCUT2D eigenvalue weighted by Crippen LogP contribution is 2.31. The maximum absolute atomic E-state index is 12.4. The number of methoxy groups -OCH3 is 1. The highest BCUT2D eigenvalue weighted by molar-refractivity contribution is 6.31. The van der Waals surface area contributed by atoms with Crippen molar-refractivity contribution in [1.82, 2.24) is 4.98 Å². The van der Waals surface area contributed by atoms with Gasteiger partial charge in [0.1, 0.15) is 5.75 Å². The summed E-state index contributed by atoms with van der Waals surface area (Å²) >= 11 is 6.07. The van der Waals surface area contributed by atoms with E-state index in [0.29, 0.717) is 28.6 Å². The number of hydrogen-bond acceptors (Lipinski definition) is 4. The summed E-state index contributed by atoms with van der Waals surface area (Å²) in [5.41, 5.74) is 2.59. The Bertz CT molecular complexity index is 732. The number of ether oxygens (including phenoxy) is 1. The number of halogens is 1. The molecule has 1 aromatic carbocycles. The van der Waals surface area contributed by atoms with Crippen molar-refractivity contribution in [2.24, 2.45) is 0 Å². The first-order chi connectivity index (χ1) is 11.0. The van der Waals surface area contributed by atoms with Crippen LogP contribution < -0.4 is 15.4 Å². The molecule has 120 valence electrons. The van der Waals surface area contributed by atoms with Crippen molar-refractivity contribution in [3.8, 4) is 5.75 Å². The normalized spacial score (nSPS) is 10.0. The lowest BCUT2D eigenvalue weighted by Crippen LogP contribution is -2.13. The van der Waals surface area contributed by atoms with Gasteiger partial charge in [0.15, 0.2) is 0 Å². The lowest BCUT2D eigenvalue weighted by molar-refractivity contribution is 0.102. The summed E-state index contributed by atoms with van der Waals surface area (Å²) in [7, 11) is 1.53. The number of carbonyl (C=O) groups excluding carboxylic acids is 1. The van der Waals surface area contributed by atoms with Crippen molar-refractivity contribution in [2.45, 2.75) is 6.92 Å². The number of anilines is 2. The van der Waals surface area contributed by atoms with Gasteiger partial charge in [-0.25, -0.2) is 0 Å². The van der Waals surface area contributed by atoms with Crippen molar-refractivity contribution >= 4 is 28.9 Å². The Morgan fingerprint density at radius 1 is 1.39 bits per heavy atom. The van der Waals surface area contributed by atoms with Gasteiger partial charge in [0.05, 0.1) is 24.0 Å². The molecule has 23 heavy (non-hydrogen) atoms. The number of hydrogen-bond donors (Lipinski definition) is 2. The van der Waals surface area contributed by atoms with Crippen LogP contribution in [0.25, 0.3) is 0 Å². The van der Waals surface area contributed by atoms with E-state index in [4.69, 9.17) is 16.3 Å². The van der Waals surface area contributed by atoms with Crippen LogP contribution in [0, 0.1) is 6.92 Å². The molecule has 5 nitrogen and oxygen atoms in total. The van der Waals surface area contributed by atoms with Crippen molar-refractivity contribution in [1.29, 1.82) is 0 Å². The molecule has 1 heterocycles. The second kappa shape index (κ2) is 7.65. The van der Waals surface area contributed by atoms with E-state index < -0.39 is 0 Å². The predicted molar refractivity (Wildman–Crippen MR) is 93.6 cm³/mol. The van der Waals surface area contributed by atoms with Gasteiger partial charge in [-0.3, -0.25) is 9.78 Å². The number of aryl methyl sites for hydroxylation is 1. The number of rotatable bonds is 6. The molecule has 1 aromatic heterocycles. The molecule has 1 amide bonds. The van der Waals surface area contributed by atoms with Gasteiger partial charge in [-0.2, -0.15) is 0 Å². The Hall–Kier alpha value is -2.53. The lowest BCUT2D eigenvalue weighted by atomic mass is 10.2. The first kappa shape index (κ1) is 16.8. The molecular formula is C17H18ClN3O2. The molecule has 2 aromatic rings. The molecule has 6 heteroatoms. The van der Waals surface area contributed by atoms with Gasteiger partial charge in [-0.1, -0.05) is 17.7 Å². The second-order valence-corrected chi connectivity index (χ2v) is 5.29. The Morgan fingerprint density at radius 3 is 2.87 bits per heavy atom. The fourth-order valence-corrected chi connectivity index (χ4v) is 2.13. The monoisotopic (exact) mass is 331 g/mol. The molecule has 0 atom stereocenters. The van der Waals surface area contributed by atoms with E-state index in [1.165, 1.54) is 13.3 Å². The van der Waals surface area contributed by atoms with Crippen molar-refractivity contribution in [3.63, 3.8) is 0 Å². The Labute approximate surface area is 140 Å². The Balaban J connectivity index is 2.22. The van der Waals surface area contributed by atoms with E-state index in [1.807, 2.05) is 6.92 Å². The van der Waals surface area contributed by atoms with Gasteiger partial charge < -0.3 is 15.4 Å². The summed E-state index contributed by atoms with van der Waals surface area (Å²) in [6, 6.07) is 5.17. The van der Waals surface area contributed by atoms with Crippen molar-refractivity contribution in [2.75, 3.05) is 24.3 Å². The van der Waals surface area contributed by atoms with E-state index in [-0.39, 0.29) is 5.91 Å². The maximum atomic E-state index is 12.4. The van der Waals surface area contributed by atoms with Gasteiger partial charge in [-0.05, 0) is 24.6 Å². The van der Waals surface area contributed by atoms with E-state index in [9.17, 15) is 4.79 Å². The van der Waals surface area contributed by atoms with Gasteiger partial charge in [0, 0.05) is 30.0 Å². The summed E-state index contributed by atoms with van der Waals surface area (Å²) in [4.78, 5) is 16.5. The first-order valence-electron chi connectivity index (χ1n) is 7.00. The van der Waals surface area contributed by atoms with Crippen LogP contribution in [0.15, 0.2) is 43.2 Å². The van der Waals surface area contributed by atoms with E-state index in [2.05, 4.69) is 22.2 Å². The molecule has 2 rings (SSSR count). The highest BCUT2D eigenvalue weighted by atomic mass is 35.5. The summed E-state index contributed by atoms with van der Waals surface area (Å²) in [6.45, 7) is 6.09. The minimum Gasteiger partial charge on any atom is -0.495 e. The van der Waals surface area contributed by atoms with Gasteiger partial charge in [0.25, 0.3) is 5.91 Å². The topological polar surface area (TPSA) is 63.2 Å². The summed E-state index contributed by atoms with van der Waals surface area (Å²) < 4.78 is 5.26. The molecule has 0 bridgehead atoms. The molecule has 0 aliphatic carbocycles. The molecule has 0 aliphatic heterocycles. The zero-order valence-electron chi connectivity index (χ0n) is 13.0. The van der Waals surface area contributed by atoms with Crippen molar-refractivity contribution in [3.05, 3.63) is 59.4 Å². The Kier molecular flexibility index (Phi) is 5.60. The number of amides is 1. The number of aromatic nitrogens is 1. The van der Waals surface area contributed by atoms with E-state index in [0.717, 1.165) is 11.3 Å². The predicted octanol–water partition coefficient (Wildman–Crippen LogP) is 3.90. The maximum Gasteiger partial charge on any atom is 0.257 e. The molecule has 0 radical (unpaired) electrons. The van der Waals surface area contributed by atoms with Gasteiger partial charge >= 0.3 is 0 Å². The van der Waals surface area contributed by atoms with Crippen LogP contribution >= 0.6 is 11.6 Å². The van der Waals surface area contributed by atoms with Crippen LogP contribution in [0.3, 0.4) is 0 Å². The van der Waals surface area contributed by atoms with Crippen LogP contribution in [-0.4, -0.2) is 24.5 Å².